The van der Waals surface area contributed by atoms with Crippen molar-refractivity contribution < 1.29 is 19.1 Å². The Bertz CT molecular complexity index is 1470. The quantitative estimate of drug-likeness (QED) is 0.396. The number of anilines is 1. The van der Waals surface area contributed by atoms with E-state index in [4.69, 9.17) is 9.47 Å². The van der Waals surface area contributed by atoms with Gasteiger partial charge in [0, 0.05) is 69.1 Å². The van der Waals surface area contributed by atoms with Crippen LogP contribution in [-0.4, -0.2) is 114 Å². The molecular weight excluding hydrogens is 546 g/mol. The number of likely N-dealkylation sites (tertiary alicyclic amines) is 1. The van der Waals surface area contributed by atoms with Crippen molar-refractivity contribution >= 4 is 23.1 Å². The number of carbonyl (C=O) groups excluding carboxylic acids is 2. The Morgan fingerprint density at radius 3 is 2.51 bits per heavy atom. The number of hydrogen-bond donors (Lipinski definition) is 0. The summed E-state index contributed by atoms with van der Waals surface area (Å²) in [6.07, 6.45) is 6.44. The van der Waals surface area contributed by atoms with Crippen molar-refractivity contribution in [1.29, 1.82) is 0 Å². The van der Waals surface area contributed by atoms with Crippen molar-refractivity contribution in [2.24, 2.45) is 0 Å². The highest BCUT2D eigenvalue weighted by atomic mass is 16.5. The number of imide groups is 1. The van der Waals surface area contributed by atoms with Crippen LogP contribution >= 0.6 is 0 Å². The molecule has 11 nitrogen and oxygen atoms in total. The number of ether oxygens (including phenoxy) is 2. The molecule has 5 heterocycles. The number of nitrogens with zero attached hydrogens (tertiary/aromatic N) is 7. The molecule has 43 heavy (non-hydrogen) atoms. The van der Waals surface area contributed by atoms with Crippen LogP contribution in [-0.2, 0) is 17.9 Å². The van der Waals surface area contributed by atoms with E-state index >= 15 is 0 Å². The zero-order valence-corrected chi connectivity index (χ0v) is 25.7. The number of urea groups is 1. The van der Waals surface area contributed by atoms with Gasteiger partial charge in [0.2, 0.25) is 5.91 Å². The zero-order valence-electron chi connectivity index (χ0n) is 25.7. The molecule has 0 unspecified atom stereocenters. The smallest absolute Gasteiger partial charge is 0.331 e. The molecule has 6 rings (SSSR count). The van der Waals surface area contributed by atoms with E-state index in [1.807, 2.05) is 12.3 Å². The Morgan fingerprint density at radius 1 is 0.953 bits per heavy atom. The van der Waals surface area contributed by atoms with Crippen LogP contribution in [0.1, 0.15) is 37.3 Å². The highest BCUT2D eigenvalue weighted by Crippen LogP contribution is 2.31. The summed E-state index contributed by atoms with van der Waals surface area (Å²) in [5.74, 6) is 1.01. The summed E-state index contributed by atoms with van der Waals surface area (Å²) in [5.41, 5.74) is 3.50. The number of aromatic nitrogens is 2. The zero-order chi connectivity index (χ0) is 30.1. The third kappa shape index (κ3) is 6.07. The minimum Gasteiger partial charge on any atom is -0.497 e. The molecule has 230 valence electrons. The lowest BCUT2D eigenvalue weighted by Gasteiger charge is -2.46. The van der Waals surface area contributed by atoms with E-state index in [0.717, 1.165) is 37.3 Å². The lowest BCUT2D eigenvalue weighted by molar-refractivity contribution is -0.129. The summed E-state index contributed by atoms with van der Waals surface area (Å²) >= 11 is 0. The third-order valence-electron chi connectivity index (χ3n) is 9.32. The molecule has 0 bridgehead atoms. The van der Waals surface area contributed by atoms with E-state index < -0.39 is 0 Å². The third-order valence-corrected chi connectivity index (χ3v) is 9.32. The normalized spacial score (nSPS) is 21.6. The van der Waals surface area contributed by atoms with Crippen molar-refractivity contribution in [1.82, 2.24) is 29.2 Å². The van der Waals surface area contributed by atoms with E-state index in [2.05, 4.69) is 45.9 Å². The molecule has 2 aromatic heterocycles. The van der Waals surface area contributed by atoms with Gasteiger partial charge in [-0.05, 0) is 69.7 Å². The van der Waals surface area contributed by atoms with Crippen molar-refractivity contribution in [2.75, 3.05) is 65.4 Å². The minimum atomic E-state index is -0.353. The Kier molecular flexibility index (Phi) is 8.56. The number of carbonyl (C=O) groups is 2. The molecule has 0 radical (unpaired) electrons. The van der Waals surface area contributed by atoms with Gasteiger partial charge in [-0.2, -0.15) is 5.10 Å². The van der Waals surface area contributed by atoms with Crippen molar-refractivity contribution in [3.05, 3.63) is 53.9 Å². The number of piperazine rings is 1. The van der Waals surface area contributed by atoms with E-state index in [0.29, 0.717) is 35.8 Å². The van der Waals surface area contributed by atoms with Crippen LogP contribution < -0.4 is 14.4 Å². The lowest BCUT2D eigenvalue weighted by atomic mass is 10.00. The number of piperidine rings is 1. The lowest BCUT2D eigenvalue weighted by Crippen LogP contribution is -2.56. The number of benzene rings is 1. The highest BCUT2D eigenvalue weighted by molar-refractivity contribution is 6.07. The van der Waals surface area contributed by atoms with Gasteiger partial charge >= 0.3 is 6.03 Å². The molecule has 0 saturated carbocycles. The van der Waals surface area contributed by atoms with Gasteiger partial charge in [-0.25, -0.2) is 9.31 Å². The van der Waals surface area contributed by atoms with Gasteiger partial charge in [-0.3, -0.25) is 24.4 Å². The second kappa shape index (κ2) is 12.5. The van der Waals surface area contributed by atoms with Crippen molar-refractivity contribution in [3.63, 3.8) is 0 Å². The van der Waals surface area contributed by atoms with Crippen molar-refractivity contribution in [2.45, 2.75) is 51.4 Å². The number of pyridine rings is 1. The maximum Gasteiger partial charge on any atom is 0.331 e. The van der Waals surface area contributed by atoms with Crippen LogP contribution in [0.4, 0.5) is 10.5 Å². The van der Waals surface area contributed by atoms with Gasteiger partial charge in [0.05, 0.1) is 38.2 Å². The molecule has 0 aliphatic carbocycles. The average Bonchev–Trinajstić information content (AvgIpc) is 3.43. The Hall–Kier alpha value is -3.67. The maximum absolute atomic E-state index is 13.7. The first-order valence-corrected chi connectivity index (χ1v) is 15.3. The summed E-state index contributed by atoms with van der Waals surface area (Å²) in [4.78, 5) is 37.3. The first-order chi connectivity index (χ1) is 20.8. The van der Waals surface area contributed by atoms with Gasteiger partial charge < -0.3 is 14.4 Å². The fourth-order valence-electron chi connectivity index (χ4n) is 6.86. The Balaban J connectivity index is 1.16. The average molecular weight is 590 g/mol. The summed E-state index contributed by atoms with van der Waals surface area (Å²) in [7, 11) is 5.37. The number of hydrogen-bond acceptors (Lipinski definition) is 8. The van der Waals surface area contributed by atoms with E-state index in [1.165, 1.54) is 36.4 Å². The molecule has 3 saturated heterocycles. The van der Waals surface area contributed by atoms with E-state index in [1.54, 1.807) is 42.0 Å². The Labute approximate surface area is 253 Å². The van der Waals surface area contributed by atoms with Gasteiger partial charge in [0.1, 0.15) is 11.5 Å². The first kappa shape index (κ1) is 29.4. The van der Waals surface area contributed by atoms with Gasteiger partial charge in [-0.1, -0.05) is 0 Å². The van der Waals surface area contributed by atoms with Crippen LogP contribution in [0.15, 0.2) is 42.7 Å². The van der Waals surface area contributed by atoms with Crippen LogP contribution in [0, 0.1) is 0 Å². The molecule has 1 aromatic carbocycles. The molecular formula is C32H43N7O4. The predicted octanol–water partition coefficient (Wildman–Crippen LogP) is 3.31. The summed E-state index contributed by atoms with van der Waals surface area (Å²) in [5, 5.41) is 4.53. The number of methoxy groups -OCH3 is 2. The molecule has 3 aromatic rings. The van der Waals surface area contributed by atoms with Crippen LogP contribution in [0.3, 0.4) is 0 Å². The predicted molar refractivity (Wildman–Crippen MR) is 165 cm³/mol. The summed E-state index contributed by atoms with van der Waals surface area (Å²) < 4.78 is 12.6. The second-order valence-electron chi connectivity index (χ2n) is 12.1. The fraction of sp³-hybridized carbons (Fsp3) is 0.531. The molecule has 3 aliphatic heterocycles. The molecule has 3 fully saturated rings. The van der Waals surface area contributed by atoms with E-state index in [-0.39, 0.29) is 24.9 Å². The maximum atomic E-state index is 13.7. The van der Waals surface area contributed by atoms with Crippen LogP contribution in [0.5, 0.6) is 11.5 Å². The highest BCUT2D eigenvalue weighted by Gasteiger charge is 2.35. The Morgan fingerprint density at radius 2 is 1.77 bits per heavy atom. The van der Waals surface area contributed by atoms with E-state index in [9.17, 15) is 9.59 Å². The molecule has 0 N–H and O–H groups in total. The topological polar surface area (TPSA) is 86.1 Å². The number of fused-ring (bicyclic) bond motifs is 1. The number of rotatable bonds is 8. The van der Waals surface area contributed by atoms with Gasteiger partial charge in [-0.15, -0.1) is 0 Å². The number of amides is 3. The van der Waals surface area contributed by atoms with Crippen LogP contribution in [0.25, 0.3) is 5.52 Å². The van der Waals surface area contributed by atoms with Crippen LogP contribution in [0.2, 0.25) is 0 Å². The largest absolute Gasteiger partial charge is 0.497 e. The standard InChI is InChI=1S/C32H43N7O4/c1-23-20-35(15-16-36(23)26-8-11-34(2)12-9-26)21-24-7-14-39-28(17-24)29(19-33-39)37-13-10-31(40)38(32(37)41)22-25-5-6-27(42-3)18-30(25)43-4/h5-7,14,17-19,23,26H,8-13,15-16,20-22H2,1-4H3/t23-/m0/s1. The SMILES string of the molecule is COc1ccc(CN2C(=O)CCN(c3cnn4ccc(CN5CCN(C6CCN(C)CC6)[C@@H](C)C5)cc34)C2=O)c(OC)c1. The summed E-state index contributed by atoms with van der Waals surface area (Å²) in [6.45, 7) is 9.20. The summed E-state index contributed by atoms with van der Waals surface area (Å²) in [6, 6.07) is 10.5. The van der Waals surface area contributed by atoms with Gasteiger partial charge in [0.25, 0.3) is 0 Å². The molecule has 11 heteroatoms. The minimum absolute atomic E-state index is 0.119. The molecule has 3 amide bonds. The molecule has 1 atom stereocenters. The molecule has 3 aliphatic rings. The first-order valence-electron chi connectivity index (χ1n) is 15.3. The van der Waals surface area contributed by atoms with Gasteiger partial charge in [0.15, 0.2) is 0 Å². The fourth-order valence-corrected chi connectivity index (χ4v) is 6.86. The van der Waals surface area contributed by atoms with Crippen molar-refractivity contribution in [3.8, 4) is 11.5 Å². The molecule has 0 spiro atoms. The second-order valence-corrected chi connectivity index (χ2v) is 12.1. The monoisotopic (exact) mass is 589 g/mol.